The number of hydrogen-bond acceptors (Lipinski definition) is 7. The largest absolute Gasteiger partial charge is 0.384 e. The topological polar surface area (TPSA) is 88.5 Å². The number of anilines is 1. The van der Waals surface area contributed by atoms with Gasteiger partial charge >= 0.3 is 0 Å². The Hall–Kier alpha value is -2.17. The van der Waals surface area contributed by atoms with Gasteiger partial charge in [0.25, 0.3) is 0 Å². The zero-order valence-electron chi connectivity index (χ0n) is 11.1. The molecule has 0 spiro atoms. The fourth-order valence-corrected chi connectivity index (χ4v) is 3.49. The van der Waals surface area contributed by atoms with Crippen molar-refractivity contribution in [1.82, 2.24) is 15.0 Å². The Bertz CT molecular complexity index is 837. The van der Waals surface area contributed by atoms with E-state index in [1.807, 2.05) is 24.6 Å². The molecule has 3 heterocycles. The average molecular weight is 313 g/mol. The summed E-state index contributed by atoms with van der Waals surface area (Å²) in [6.07, 6.45) is 1.88. The van der Waals surface area contributed by atoms with Gasteiger partial charge in [-0.25, -0.2) is 9.97 Å². The number of rotatable bonds is 3. The van der Waals surface area contributed by atoms with Gasteiger partial charge in [0.2, 0.25) is 0 Å². The van der Waals surface area contributed by atoms with Crippen LogP contribution >= 0.6 is 23.1 Å². The summed E-state index contributed by atoms with van der Waals surface area (Å²) in [6, 6.07) is 7.59. The summed E-state index contributed by atoms with van der Waals surface area (Å²) in [6.45, 7) is 2.03. The monoisotopic (exact) mass is 313 g/mol. The van der Waals surface area contributed by atoms with Crippen LogP contribution in [0, 0.1) is 11.3 Å². The molecular formula is C14H11N5S2. The van der Waals surface area contributed by atoms with Gasteiger partial charge in [0.05, 0.1) is 15.6 Å². The van der Waals surface area contributed by atoms with Crippen LogP contribution < -0.4 is 5.73 Å². The number of fused-ring (bicyclic) bond motifs is 1. The van der Waals surface area contributed by atoms with Crippen molar-refractivity contribution in [2.75, 3.05) is 5.73 Å². The second-order valence-corrected chi connectivity index (χ2v) is 6.66. The highest BCUT2D eigenvalue weighted by Gasteiger charge is 2.13. The summed E-state index contributed by atoms with van der Waals surface area (Å²) in [5, 5.41) is 12.7. The molecule has 5 nitrogen and oxygen atoms in total. The molecule has 0 aliphatic heterocycles. The van der Waals surface area contributed by atoms with E-state index in [1.165, 1.54) is 27.9 Å². The lowest BCUT2D eigenvalue weighted by molar-refractivity contribution is 0.937. The van der Waals surface area contributed by atoms with Crippen LogP contribution in [-0.4, -0.2) is 15.0 Å². The third-order valence-electron chi connectivity index (χ3n) is 2.90. The Morgan fingerprint density at radius 2 is 2.24 bits per heavy atom. The number of aromatic nitrogens is 3. The summed E-state index contributed by atoms with van der Waals surface area (Å²) in [5.41, 5.74) is 6.91. The number of thioether (sulfide) groups is 1. The fraction of sp³-hybridized carbons (Fsp3) is 0.143. The number of hydrogen-bond donors (Lipinski definition) is 1. The van der Waals surface area contributed by atoms with Gasteiger partial charge in [0.1, 0.15) is 17.6 Å². The van der Waals surface area contributed by atoms with Crippen molar-refractivity contribution in [3.8, 4) is 6.07 Å². The highest BCUT2D eigenvalue weighted by Crippen LogP contribution is 2.33. The second kappa shape index (κ2) is 5.68. The molecule has 7 heteroatoms. The molecule has 0 aliphatic carbocycles. The third-order valence-corrected chi connectivity index (χ3v) is 4.76. The van der Waals surface area contributed by atoms with Crippen molar-refractivity contribution in [3.63, 3.8) is 0 Å². The predicted octanol–water partition coefficient (Wildman–Crippen LogP) is 3.39. The van der Waals surface area contributed by atoms with Crippen molar-refractivity contribution in [3.05, 3.63) is 41.2 Å². The van der Waals surface area contributed by atoms with Crippen molar-refractivity contribution in [2.24, 2.45) is 0 Å². The molecule has 0 aromatic carbocycles. The van der Waals surface area contributed by atoms with E-state index in [0.29, 0.717) is 11.0 Å². The zero-order valence-corrected chi connectivity index (χ0v) is 12.8. The average Bonchev–Trinajstić information content (AvgIpc) is 2.93. The minimum Gasteiger partial charge on any atom is -0.384 e. The Labute approximate surface area is 129 Å². The molecule has 0 bridgehead atoms. The maximum Gasteiger partial charge on any atom is 0.191 e. The number of nitrogen functional groups attached to an aromatic ring is 1. The zero-order chi connectivity index (χ0) is 14.8. The lowest BCUT2D eigenvalue weighted by Crippen LogP contribution is -1.99. The molecule has 0 saturated carbocycles. The second-order valence-electron chi connectivity index (χ2n) is 4.40. The van der Waals surface area contributed by atoms with Gasteiger partial charge in [-0.2, -0.15) is 5.26 Å². The van der Waals surface area contributed by atoms with Crippen LogP contribution in [0.25, 0.3) is 10.1 Å². The summed E-state index contributed by atoms with van der Waals surface area (Å²) in [4.78, 5) is 12.8. The van der Waals surface area contributed by atoms with Crippen molar-refractivity contribution < 1.29 is 0 Å². The first-order chi connectivity index (χ1) is 10.2. The van der Waals surface area contributed by atoms with Gasteiger partial charge < -0.3 is 5.73 Å². The number of nitriles is 1. The van der Waals surface area contributed by atoms with E-state index >= 15 is 0 Å². The molecular weight excluding hydrogens is 302 g/mol. The van der Waals surface area contributed by atoms with Crippen LogP contribution in [0.4, 0.5) is 5.82 Å². The van der Waals surface area contributed by atoms with E-state index < -0.39 is 0 Å². The maximum absolute atomic E-state index is 8.92. The van der Waals surface area contributed by atoms with Gasteiger partial charge in [-0.15, -0.1) is 11.3 Å². The smallest absolute Gasteiger partial charge is 0.191 e. The standard InChI is InChI=1S/C14H11N5S2/c1-8(11-4-9-2-3-20-12(9)7-17-11)21-14-18-10(6-15)5-13(16)19-14/h2-5,7-8H,1H3,(H2,16,18,19). The van der Waals surface area contributed by atoms with Gasteiger partial charge in [0, 0.05) is 12.3 Å². The van der Waals surface area contributed by atoms with Crippen LogP contribution in [0.15, 0.2) is 34.9 Å². The molecule has 3 aromatic rings. The lowest BCUT2D eigenvalue weighted by Gasteiger charge is -2.10. The minimum absolute atomic E-state index is 0.0719. The van der Waals surface area contributed by atoms with Crippen molar-refractivity contribution in [2.45, 2.75) is 17.3 Å². The maximum atomic E-state index is 8.92. The molecule has 0 saturated heterocycles. The van der Waals surface area contributed by atoms with Crippen LogP contribution in [0.5, 0.6) is 0 Å². The first-order valence-corrected chi connectivity index (χ1v) is 7.96. The van der Waals surface area contributed by atoms with Crippen LogP contribution in [0.3, 0.4) is 0 Å². The first-order valence-electron chi connectivity index (χ1n) is 6.20. The number of nitrogens with zero attached hydrogens (tertiary/aromatic N) is 4. The van der Waals surface area contributed by atoms with E-state index in [2.05, 4.69) is 27.1 Å². The van der Waals surface area contributed by atoms with Gasteiger partial charge in [-0.1, -0.05) is 11.8 Å². The highest BCUT2D eigenvalue weighted by atomic mass is 32.2. The van der Waals surface area contributed by atoms with Gasteiger partial charge in [-0.05, 0) is 29.8 Å². The predicted molar refractivity (Wildman–Crippen MR) is 85.1 cm³/mol. The Balaban J connectivity index is 1.87. The van der Waals surface area contributed by atoms with E-state index in [-0.39, 0.29) is 10.9 Å². The molecule has 2 N–H and O–H groups in total. The van der Waals surface area contributed by atoms with E-state index in [1.54, 1.807) is 11.3 Å². The van der Waals surface area contributed by atoms with Crippen molar-refractivity contribution >= 4 is 39.0 Å². The quantitative estimate of drug-likeness (QED) is 0.589. The molecule has 0 aliphatic rings. The Kier molecular flexibility index (Phi) is 3.73. The normalized spacial score (nSPS) is 12.2. The van der Waals surface area contributed by atoms with Crippen LogP contribution in [0.2, 0.25) is 0 Å². The molecule has 0 amide bonds. The molecule has 1 unspecified atom stereocenters. The number of thiophene rings is 1. The lowest BCUT2D eigenvalue weighted by atomic mass is 10.2. The molecule has 1 atom stereocenters. The number of pyridine rings is 1. The highest BCUT2D eigenvalue weighted by molar-refractivity contribution is 7.99. The number of nitrogens with two attached hydrogens (primary N) is 1. The first kappa shape index (κ1) is 13.8. The third kappa shape index (κ3) is 2.96. The summed E-state index contributed by atoms with van der Waals surface area (Å²) < 4.78 is 1.17. The van der Waals surface area contributed by atoms with Crippen molar-refractivity contribution in [1.29, 1.82) is 5.26 Å². The molecule has 0 fully saturated rings. The van der Waals surface area contributed by atoms with Gasteiger partial charge in [-0.3, -0.25) is 4.98 Å². The molecule has 3 rings (SSSR count). The fourth-order valence-electron chi connectivity index (χ4n) is 1.88. The molecule has 104 valence electrons. The minimum atomic E-state index is 0.0719. The SMILES string of the molecule is CC(Sc1nc(N)cc(C#N)n1)c1cc2ccsc2cn1. The van der Waals surface area contributed by atoms with Crippen LogP contribution in [0.1, 0.15) is 23.6 Å². The van der Waals surface area contributed by atoms with E-state index in [4.69, 9.17) is 11.0 Å². The molecule has 21 heavy (non-hydrogen) atoms. The Morgan fingerprint density at radius 1 is 1.38 bits per heavy atom. The van der Waals surface area contributed by atoms with E-state index in [9.17, 15) is 0 Å². The summed E-state index contributed by atoms with van der Waals surface area (Å²) in [5.74, 6) is 0.303. The molecule has 3 aromatic heterocycles. The molecule has 0 radical (unpaired) electrons. The summed E-state index contributed by atoms with van der Waals surface area (Å²) >= 11 is 3.11. The van der Waals surface area contributed by atoms with E-state index in [0.717, 1.165) is 5.69 Å². The van der Waals surface area contributed by atoms with Crippen LogP contribution in [-0.2, 0) is 0 Å². The van der Waals surface area contributed by atoms with Gasteiger partial charge in [0.15, 0.2) is 5.16 Å². The Morgan fingerprint density at radius 3 is 3.05 bits per heavy atom. The summed E-state index contributed by atoms with van der Waals surface area (Å²) in [7, 11) is 0.